The van der Waals surface area contributed by atoms with E-state index in [2.05, 4.69) is 15.9 Å². The highest BCUT2D eigenvalue weighted by atomic mass is 79.9. The topological polar surface area (TPSA) is 93.1 Å². The van der Waals surface area contributed by atoms with Gasteiger partial charge in [-0.1, -0.05) is 70.0 Å². The van der Waals surface area contributed by atoms with Crippen LogP contribution in [0.3, 0.4) is 0 Å². The minimum atomic E-state index is -1.44. The Hall–Kier alpha value is -3.55. The Kier molecular flexibility index (Phi) is 6.38. The predicted molar refractivity (Wildman–Crippen MR) is 144 cm³/mol. The first-order valence-electron chi connectivity index (χ1n) is 11.5. The molecule has 4 aromatic rings. The predicted octanol–water partition coefficient (Wildman–Crippen LogP) is 7.01. The SMILES string of the molecule is CBr.CC(=O)CCc1cc2c(c(Cl)c1O)Oc1cc(O)c3ccccc3c1C21OC(=O)c2ccccc21. The lowest BCUT2D eigenvalue weighted by molar-refractivity contribution is -0.116. The number of carbonyl (C=O) groups is 2. The summed E-state index contributed by atoms with van der Waals surface area (Å²) in [6, 6.07) is 17.5. The van der Waals surface area contributed by atoms with Gasteiger partial charge in [0.15, 0.2) is 11.4 Å². The quantitative estimate of drug-likeness (QED) is 0.200. The van der Waals surface area contributed by atoms with Gasteiger partial charge in [-0.05, 0) is 42.3 Å². The van der Waals surface area contributed by atoms with Gasteiger partial charge in [0.2, 0.25) is 0 Å². The number of aromatic hydroxyl groups is 2. The van der Waals surface area contributed by atoms with Gasteiger partial charge >= 0.3 is 5.97 Å². The number of rotatable bonds is 3. The number of hydrogen-bond donors (Lipinski definition) is 2. The molecule has 4 aromatic carbocycles. The van der Waals surface area contributed by atoms with Crippen molar-refractivity contribution in [3.05, 3.63) is 93.5 Å². The fourth-order valence-corrected chi connectivity index (χ4v) is 5.42. The monoisotopic (exact) mass is 580 g/mol. The summed E-state index contributed by atoms with van der Waals surface area (Å²) in [5, 5.41) is 22.7. The normalized spacial score (nSPS) is 16.7. The number of halogens is 2. The number of phenolic OH excluding ortho intramolecular Hbond substituents is 2. The summed E-state index contributed by atoms with van der Waals surface area (Å²) in [5.41, 5.74) is 1.01. The van der Waals surface area contributed by atoms with Gasteiger partial charge in [-0.3, -0.25) is 0 Å². The maximum Gasteiger partial charge on any atom is 0.340 e. The summed E-state index contributed by atoms with van der Waals surface area (Å²) in [4.78, 5) is 24.8. The molecule has 0 amide bonds. The minimum Gasteiger partial charge on any atom is -0.507 e. The number of esters is 1. The van der Waals surface area contributed by atoms with Crippen molar-refractivity contribution in [3.63, 3.8) is 0 Å². The van der Waals surface area contributed by atoms with Crippen molar-refractivity contribution in [2.75, 3.05) is 5.83 Å². The molecule has 188 valence electrons. The van der Waals surface area contributed by atoms with Crippen LogP contribution in [0.15, 0.2) is 60.7 Å². The van der Waals surface area contributed by atoms with Crippen molar-refractivity contribution >= 4 is 50.1 Å². The van der Waals surface area contributed by atoms with Gasteiger partial charge in [-0.25, -0.2) is 4.79 Å². The fourth-order valence-electron chi connectivity index (χ4n) is 5.16. The van der Waals surface area contributed by atoms with Crippen LogP contribution in [0.25, 0.3) is 10.8 Å². The molecule has 8 heteroatoms. The van der Waals surface area contributed by atoms with Crippen molar-refractivity contribution in [3.8, 4) is 23.0 Å². The van der Waals surface area contributed by atoms with Crippen LogP contribution in [0.1, 0.15) is 46.0 Å². The molecule has 0 bridgehead atoms. The summed E-state index contributed by atoms with van der Waals surface area (Å²) in [7, 11) is 0. The zero-order valence-electron chi connectivity index (χ0n) is 20.0. The summed E-state index contributed by atoms with van der Waals surface area (Å²) < 4.78 is 12.4. The van der Waals surface area contributed by atoms with Gasteiger partial charge in [-0.15, -0.1) is 0 Å². The first kappa shape index (κ1) is 25.1. The highest BCUT2D eigenvalue weighted by Crippen LogP contribution is 2.61. The third-order valence-electron chi connectivity index (χ3n) is 6.72. The largest absolute Gasteiger partial charge is 0.507 e. The maximum absolute atomic E-state index is 13.2. The van der Waals surface area contributed by atoms with E-state index in [1.54, 1.807) is 24.3 Å². The maximum atomic E-state index is 13.2. The summed E-state index contributed by atoms with van der Waals surface area (Å²) in [6.07, 6.45) is 0.462. The Labute approximate surface area is 226 Å². The fraction of sp³-hybridized carbons (Fsp3) is 0.172. The minimum absolute atomic E-state index is 0.00557. The van der Waals surface area contributed by atoms with Crippen LogP contribution in [0.4, 0.5) is 0 Å². The van der Waals surface area contributed by atoms with Gasteiger partial charge in [0, 0.05) is 29.0 Å². The van der Waals surface area contributed by atoms with E-state index in [1.165, 1.54) is 13.0 Å². The Morgan fingerprint density at radius 1 is 1.00 bits per heavy atom. The van der Waals surface area contributed by atoms with E-state index in [4.69, 9.17) is 21.1 Å². The molecule has 1 spiro atoms. The van der Waals surface area contributed by atoms with Crippen LogP contribution >= 0.6 is 27.5 Å². The number of benzene rings is 4. The van der Waals surface area contributed by atoms with Crippen LogP contribution in [-0.4, -0.2) is 27.8 Å². The van der Waals surface area contributed by atoms with E-state index < -0.39 is 11.6 Å². The molecule has 6 rings (SSSR count). The molecule has 1 atom stereocenters. The highest BCUT2D eigenvalue weighted by molar-refractivity contribution is 9.08. The number of ether oxygens (including phenoxy) is 2. The van der Waals surface area contributed by atoms with Crippen molar-refractivity contribution in [1.29, 1.82) is 0 Å². The van der Waals surface area contributed by atoms with Crippen LogP contribution in [0.5, 0.6) is 23.0 Å². The molecule has 0 radical (unpaired) electrons. The first-order valence-corrected chi connectivity index (χ1v) is 13.5. The van der Waals surface area contributed by atoms with Crippen molar-refractivity contribution in [1.82, 2.24) is 0 Å². The molecule has 0 aromatic heterocycles. The molecule has 0 aliphatic carbocycles. The molecule has 2 aliphatic heterocycles. The summed E-state index contributed by atoms with van der Waals surface area (Å²) in [6.45, 7) is 1.48. The molecule has 37 heavy (non-hydrogen) atoms. The lowest BCUT2D eigenvalue weighted by Crippen LogP contribution is -2.33. The van der Waals surface area contributed by atoms with Gasteiger partial charge < -0.3 is 24.5 Å². The molecule has 2 N–H and O–H groups in total. The second kappa shape index (κ2) is 9.39. The van der Waals surface area contributed by atoms with Gasteiger partial charge in [0.25, 0.3) is 0 Å². The summed E-state index contributed by atoms with van der Waals surface area (Å²) in [5.74, 6) is 1.45. The third kappa shape index (κ3) is 3.68. The number of Topliss-reactive ketones (excluding diaryl/α,β-unsaturated/α-hetero) is 1. The standard InChI is InChI=1S/C28H19ClO6.CH3Br/c1-14(30)10-11-15-12-20-26(24(29)25(15)32)34-22-13-21(31)16-6-2-3-7-17(16)23(22)28(20)19-9-5-4-8-18(19)27(33)35-28;1-2/h2-9,12-13,31-32H,10-11H2,1H3;1H3. The molecule has 0 fully saturated rings. The first-order chi connectivity index (χ1) is 17.8. The zero-order valence-corrected chi connectivity index (χ0v) is 22.3. The molecular formula is C29H22BrClO6. The molecule has 0 saturated heterocycles. The van der Waals surface area contributed by atoms with E-state index in [0.717, 1.165) is 0 Å². The van der Waals surface area contributed by atoms with E-state index in [-0.39, 0.29) is 46.6 Å². The molecule has 2 aliphatic rings. The third-order valence-corrected chi connectivity index (χ3v) is 7.07. The average Bonchev–Trinajstić information content (AvgIpc) is 3.19. The number of hydrogen-bond acceptors (Lipinski definition) is 6. The van der Waals surface area contributed by atoms with E-state index >= 15 is 0 Å². The van der Waals surface area contributed by atoms with E-state index in [1.807, 2.05) is 36.2 Å². The second-order valence-corrected chi connectivity index (χ2v) is 9.19. The lowest BCUT2D eigenvalue weighted by atomic mass is 9.75. The molecular weight excluding hydrogens is 560 g/mol. The zero-order chi connectivity index (χ0) is 26.5. The number of carbonyl (C=O) groups excluding carboxylic acids is 2. The number of alkyl halides is 1. The van der Waals surface area contributed by atoms with Crippen molar-refractivity contribution < 1.29 is 29.3 Å². The number of phenols is 2. The molecule has 2 heterocycles. The smallest absolute Gasteiger partial charge is 0.340 e. The Morgan fingerprint density at radius 2 is 1.68 bits per heavy atom. The molecule has 1 unspecified atom stereocenters. The highest BCUT2D eigenvalue weighted by Gasteiger charge is 2.55. The Balaban J connectivity index is 0.00000137. The van der Waals surface area contributed by atoms with Crippen molar-refractivity contribution in [2.45, 2.75) is 25.4 Å². The molecule has 6 nitrogen and oxygen atoms in total. The van der Waals surface area contributed by atoms with Crippen LogP contribution in [-0.2, 0) is 21.6 Å². The van der Waals surface area contributed by atoms with Crippen LogP contribution in [0, 0.1) is 0 Å². The van der Waals surface area contributed by atoms with Gasteiger partial charge in [0.05, 0.1) is 11.1 Å². The molecule has 0 saturated carbocycles. The number of ketones is 1. The lowest BCUT2D eigenvalue weighted by Gasteiger charge is -2.38. The van der Waals surface area contributed by atoms with Gasteiger partial charge in [0.1, 0.15) is 28.1 Å². The Morgan fingerprint density at radius 3 is 2.41 bits per heavy atom. The van der Waals surface area contributed by atoms with Gasteiger partial charge in [-0.2, -0.15) is 0 Å². The van der Waals surface area contributed by atoms with E-state index in [9.17, 15) is 19.8 Å². The Bertz CT molecular complexity index is 1600. The average molecular weight is 582 g/mol. The number of aryl methyl sites for hydroxylation is 1. The van der Waals surface area contributed by atoms with Crippen molar-refractivity contribution in [2.24, 2.45) is 0 Å². The van der Waals surface area contributed by atoms with Crippen LogP contribution < -0.4 is 4.74 Å². The van der Waals surface area contributed by atoms with E-state index in [0.29, 0.717) is 38.6 Å². The number of fused-ring (bicyclic) bond motifs is 8. The van der Waals surface area contributed by atoms with Crippen LogP contribution in [0.2, 0.25) is 5.02 Å². The summed E-state index contributed by atoms with van der Waals surface area (Å²) >= 11 is 9.56. The second-order valence-electron chi connectivity index (χ2n) is 8.81.